The predicted octanol–water partition coefficient (Wildman–Crippen LogP) is 1.95. The summed E-state index contributed by atoms with van der Waals surface area (Å²) in [5.41, 5.74) is 0. The van der Waals surface area contributed by atoms with E-state index in [4.69, 9.17) is 31.0 Å². The average molecular weight is 393 g/mol. The standard InChI is InChI=1S/C12H20O3Si.C4H12O4Si/c1-4-13-16(14-5-2,15-6-3)12-10-8-7-9-11-12;1-5-9(6-2,7-3)8-4/h7-11H,4-6H2,1-3H3;1-4H3. The van der Waals surface area contributed by atoms with Crippen molar-refractivity contribution in [1.82, 2.24) is 0 Å². The van der Waals surface area contributed by atoms with Gasteiger partial charge in [-0.2, -0.15) is 0 Å². The first-order valence-electron chi connectivity index (χ1n) is 8.21. The van der Waals surface area contributed by atoms with Crippen LogP contribution in [-0.4, -0.2) is 66.1 Å². The van der Waals surface area contributed by atoms with Gasteiger partial charge in [-0.05, 0) is 20.8 Å². The summed E-state index contributed by atoms with van der Waals surface area (Å²) in [6.45, 7) is 7.68. The van der Waals surface area contributed by atoms with Crippen LogP contribution in [-0.2, 0) is 31.0 Å². The van der Waals surface area contributed by atoms with Crippen LogP contribution in [0.4, 0.5) is 0 Å². The normalized spacial score (nSPS) is 11.8. The van der Waals surface area contributed by atoms with E-state index in [1.807, 2.05) is 51.1 Å². The van der Waals surface area contributed by atoms with Gasteiger partial charge in [-0.25, -0.2) is 0 Å². The topological polar surface area (TPSA) is 64.6 Å². The largest absolute Gasteiger partial charge is 0.678 e. The second-order valence-electron chi connectivity index (χ2n) is 4.54. The molecule has 0 radical (unpaired) electrons. The van der Waals surface area contributed by atoms with Crippen LogP contribution in [0, 0.1) is 0 Å². The molecule has 0 heterocycles. The van der Waals surface area contributed by atoms with Crippen LogP contribution in [0.15, 0.2) is 30.3 Å². The lowest BCUT2D eigenvalue weighted by molar-refractivity contribution is 0.0226. The lowest BCUT2D eigenvalue weighted by atomic mass is 10.4. The van der Waals surface area contributed by atoms with E-state index in [9.17, 15) is 0 Å². The first kappa shape index (κ1) is 24.4. The summed E-state index contributed by atoms with van der Waals surface area (Å²) in [5.74, 6) is 0. The first-order chi connectivity index (χ1) is 12.0. The maximum atomic E-state index is 5.79. The molecule has 0 fully saturated rings. The molecule has 0 atom stereocenters. The lowest BCUT2D eigenvalue weighted by Gasteiger charge is -2.28. The average Bonchev–Trinajstić information content (AvgIpc) is 2.66. The SMILES string of the molecule is CCO[Si](OCC)(OCC)c1ccccc1.CO[Si](OC)(OC)OC. The molecule has 1 aromatic rings. The molecule has 0 spiro atoms. The molecule has 0 saturated carbocycles. The summed E-state index contributed by atoms with van der Waals surface area (Å²) in [6.07, 6.45) is 0. The van der Waals surface area contributed by atoms with Crippen LogP contribution >= 0.6 is 0 Å². The molecule has 1 aromatic carbocycles. The first-order valence-corrected chi connectivity index (χ1v) is 11.6. The molecule has 0 unspecified atom stereocenters. The van der Waals surface area contributed by atoms with Crippen LogP contribution < -0.4 is 5.19 Å². The Morgan fingerprint density at radius 1 is 0.640 bits per heavy atom. The smallest absolute Gasteiger partial charge is 0.370 e. The fraction of sp³-hybridized carbons (Fsp3) is 0.625. The maximum Gasteiger partial charge on any atom is 0.678 e. The van der Waals surface area contributed by atoms with Gasteiger partial charge in [0, 0.05) is 53.4 Å². The van der Waals surface area contributed by atoms with Crippen molar-refractivity contribution in [2.24, 2.45) is 0 Å². The molecule has 25 heavy (non-hydrogen) atoms. The highest BCUT2D eigenvalue weighted by molar-refractivity contribution is 6.75. The van der Waals surface area contributed by atoms with Crippen LogP contribution in [0.1, 0.15) is 20.8 Å². The van der Waals surface area contributed by atoms with Crippen LogP contribution in [0.2, 0.25) is 0 Å². The Labute approximate surface area is 154 Å². The van der Waals surface area contributed by atoms with E-state index in [-0.39, 0.29) is 0 Å². The Kier molecular flexibility index (Phi) is 13.2. The lowest BCUT2D eigenvalue weighted by Crippen LogP contribution is -2.56. The van der Waals surface area contributed by atoms with E-state index < -0.39 is 17.9 Å². The van der Waals surface area contributed by atoms with Gasteiger partial charge < -0.3 is 31.0 Å². The van der Waals surface area contributed by atoms with Gasteiger partial charge in [0.25, 0.3) is 0 Å². The van der Waals surface area contributed by atoms with Crippen molar-refractivity contribution in [2.75, 3.05) is 48.3 Å². The molecule has 0 aliphatic carbocycles. The highest BCUT2D eigenvalue weighted by Crippen LogP contribution is 2.10. The number of rotatable bonds is 11. The van der Waals surface area contributed by atoms with Crippen LogP contribution in [0.5, 0.6) is 0 Å². The van der Waals surface area contributed by atoms with E-state index in [0.29, 0.717) is 19.8 Å². The third-order valence-electron chi connectivity index (χ3n) is 3.13. The van der Waals surface area contributed by atoms with Crippen LogP contribution in [0.3, 0.4) is 0 Å². The van der Waals surface area contributed by atoms with Gasteiger partial charge in [0.2, 0.25) is 0 Å². The molecule has 7 nitrogen and oxygen atoms in total. The molecule has 0 N–H and O–H groups in total. The minimum Gasteiger partial charge on any atom is -0.370 e. The van der Waals surface area contributed by atoms with E-state index in [0.717, 1.165) is 5.19 Å². The van der Waals surface area contributed by atoms with Crippen molar-refractivity contribution in [2.45, 2.75) is 20.8 Å². The molecule has 1 rings (SSSR count). The van der Waals surface area contributed by atoms with E-state index >= 15 is 0 Å². The molecule has 0 aliphatic heterocycles. The minimum atomic E-state index is -2.69. The molecule has 9 heteroatoms. The minimum absolute atomic E-state index is 0.598. The Morgan fingerprint density at radius 3 is 1.24 bits per heavy atom. The summed E-state index contributed by atoms with van der Waals surface area (Å²) in [6, 6.07) is 9.95. The zero-order chi connectivity index (χ0) is 19.2. The zero-order valence-corrected chi connectivity index (χ0v) is 18.4. The second kappa shape index (κ2) is 13.6. The summed E-state index contributed by atoms with van der Waals surface area (Å²) >= 11 is 0. The van der Waals surface area contributed by atoms with Gasteiger partial charge >= 0.3 is 17.9 Å². The molecule has 0 amide bonds. The fourth-order valence-corrected chi connectivity index (χ4v) is 5.58. The highest BCUT2D eigenvalue weighted by atomic mass is 28.4. The van der Waals surface area contributed by atoms with Crippen molar-refractivity contribution in [1.29, 1.82) is 0 Å². The van der Waals surface area contributed by atoms with Crippen LogP contribution in [0.25, 0.3) is 0 Å². The van der Waals surface area contributed by atoms with E-state index in [1.165, 1.54) is 28.4 Å². The second-order valence-corrected chi connectivity index (χ2v) is 9.73. The Morgan fingerprint density at radius 2 is 1.00 bits per heavy atom. The van der Waals surface area contributed by atoms with Crippen molar-refractivity contribution in [3.8, 4) is 0 Å². The molecule has 0 bridgehead atoms. The number of hydrogen-bond donors (Lipinski definition) is 0. The van der Waals surface area contributed by atoms with Gasteiger partial charge in [0.05, 0.1) is 0 Å². The number of hydrogen-bond acceptors (Lipinski definition) is 7. The molecular weight excluding hydrogens is 360 g/mol. The third kappa shape index (κ3) is 7.64. The van der Waals surface area contributed by atoms with Crippen molar-refractivity contribution in [3.63, 3.8) is 0 Å². The molecule has 0 aliphatic rings. The Balaban J connectivity index is 0.000000547. The summed E-state index contributed by atoms with van der Waals surface area (Å²) < 4.78 is 36.8. The van der Waals surface area contributed by atoms with Gasteiger partial charge in [0.1, 0.15) is 0 Å². The van der Waals surface area contributed by atoms with E-state index in [1.54, 1.807) is 0 Å². The summed E-state index contributed by atoms with van der Waals surface area (Å²) in [5, 5.41) is 1.03. The van der Waals surface area contributed by atoms with Gasteiger partial charge in [-0.15, -0.1) is 0 Å². The van der Waals surface area contributed by atoms with Crippen molar-refractivity contribution in [3.05, 3.63) is 30.3 Å². The highest BCUT2D eigenvalue weighted by Gasteiger charge is 2.43. The molecule has 0 saturated heterocycles. The van der Waals surface area contributed by atoms with Crippen molar-refractivity contribution < 1.29 is 31.0 Å². The van der Waals surface area contributed by atoms with Gasteiger partial charge in [-0.1, -0.05) is 30.3 Å². The maximum absolute atomic E-state index is 5.79. The number of benzene rings is 1. The van der Waals surface area contributed by atoms with E-state index in [2.05, 4.69) is 0 Å². The molecule has 146 valence electrons. The Hall–Kier alpha value is -0.626. The summed E-state index contributed by atoms with van der Waals surface area (Å²) in [7, 11) is 0.592. The fourth-order valence-electron chi connectivity index (χ4n) is 2.09. The molecular formula is C16H32O7Si2. The molecule has 0 aromatic heterocycles. The quantitative estimate of drug-likeness (QED) is 0.533. The zero-order valence-electron chi connectivity index (χ0n) is 16.4. The Bertz CT molecular complexity index is 395. The third-order valence-corrected chi connectivity index (χ3v) is 8.18. The monoisotopic (exact) mass is 392 g/mol. The van der Waals surface area contributed by atoms with Crippen molar-refractivity contribution >= 4 is 23.0 Å². The van der Waals surface area contributed by atoms with Gasteiger partial charge in [-0.3, -0.25) is 0 Å². The van der Waals surface area contributed by atoms with Gasteiger partial charge in [0.15, 0.2) is 0 Å². The predicted molar refractivity (Wildman–Crippen MR) is 100 cm³/mol. The summed E-state index contributed by atoms with van der Waals surface area (Å²) in [4.78, 5) is 0.